The molecule has 0 spiro atoms. The molecule has 124 valence electrons. The van der Waals surface area contributed by atoms with Crippen molar-refractivity contribution in [3.8, 4) is 0 Å². The Morgan fingerprint density at radius 2 is 2.04 bits per heavy atom. The van der Waals surface area contributed by atoms with Gasteiger partial charge in [0.2, 0.25) is 10.0 Å². The lowest BCUT2D eigenvalue weighted by Crippen LogP contribution is -2.34. The maximum absolute atomic E-state index is 12.4. The number of carboxylic acid groups (broad SMARTS) is 1. The molecule has 23 heavy (non-hydrogen) atoms. The minimum Gasteiger partial charge on any atom is -0.478 e. The van der Waals surface area contributed by atoms with Gasteiger partial charge in [-0.15, -0.1) is 11.3 Å². The fourth-order valence-corrected chi connectivity index (χ4v) is 4.09. The quantitative estimate of drug-likeness (QED) is 0.794. The Labute approximate surface area is 139 Å². The highest BCUT2D eigenvalue weighted by Gasteiger charge is 2.21. The summed E-state index contributed by atoms with van der Waals surface area (Å²) < 4.78 is 27.3. The first-order valence-corrected chi connectivity index (χ1v) is 9.20. The minimum atomic E-state index is -3.77. The molecule has 2 N–H and O–H groups in total. The number of nitrogens with one attached hydrogen (secondary N) is 1. The molecule has 1 aromatic carbocycles. The lowest BCUT2D eigenvalue weighted by molar-refractivity contribution is 0.0696. The molecule has 1 atom stereocenters. The van der Waals surface area contributed by atoms with Gasteiger partial charge >= 0.3 is 5.97 Å². The molecule has 0 aliphatic heterocycles. The smallest absolute Gasteiger partial charge is 0.335 e. The molecule has 0 saturated carbocycles. The molecule has 0 aliphatic carbocycles. The van der Waals surface area contributed by atoms with Crippen molar-refractivity contribution < 1.29 is 18.3 Å². The van der Waals surface area contributed by atoms with Crippen molar-refractivity contribution >= 4 is 27.3 Å². The highest BCUT2D eigenvalue weighted by atomic mass is 32.2. The van der Waals surface area contributed by atoms with Crippen LogP contribution in [-0.2, 0) is 10.0 Å². The molecule has 2 aromatic rings. The van der Waals surface area contributed by atoms with Gasteiger partial charge in [-0.05, 0) is 43.7 Å². The van der Waals surface area contributed by atoms with Crippen LogP contribution < -0.4 is 4.72 Å². The Kier molecular flexibility index (Phi) is 5.53. The molecule has 1 aromatic heterocycles. The topological polar surface area (TPSA) is 86.7 Å². The van der Waals surface area contributed by atoms with E-state index < -0.39 is 16.0 Å². The molecule has 8 heteroatoms. The zero-order valence-electron chi connectivity index (χ0n) is 12.8. The number of hydrogen-bond acceptors (Lipinski definition) is 5. The van der Waals surface area contributed by atoms with Gasteiger partial charge in [-0.2, -0.15) is 0 Å². The lowest BCUT2D eigenvalue weighted by Gasteiger charge is -2.23. The molecule has 2 rings (SSSR count). The summed E-state index contributed by atoms with van der Waals surface area (Å²) in [7, 11) is -0.0139. The SMILES string of the molecule is CN(C)C(CNS(=O)(=O)c1cccc(C(=O)O)c1)c1cccs1. The van der Waals surface area contributed by atoms with Crippen molar-refractivity contribution in [2.45, 2.75) is 10.9 Å². The minimum absolute atomic E-state index is 0.0546. The molecule has 0 aliphatic rings. The number of sulfonamides is 1. The lowest BCUT2D eigenvalue weighted by atomic mass is 10.2. The second-order valence-electron chi connectivity index (χ2n) is 5.18. The summed E-state index contributed by atoms with van der Waals surface area (Å²) in [5, 5.41) is 10.9. The van der Waals surface area contributed by atoms with Crippen molar-refractivity contribution in [1.29, 1.82) is 0 Å². The van der Waals surface area contributed by atoms with E-state index in [-0.39, 0.29) is 23.0 Å². The van der Waals surface area contributed by atoms with E-state index in [9.17, 15) is 13.2 Å². The molecule has 0 amide bonds. The number of rotatable bonds is 7. The number of likely N-dealkylation sites (N-methyl/N-ethyl adjacent to an activating group) is 1. The largest absolute Gasteiger partial charge is 0.478 e. The summed E-state index contributed by atoms with van der Waals surface area (Å²) in [4.78, 5) is 13.9. The monoisotopic (exact) mass is 354 g/mol. The van der Waals surface area contributed by atoms with Crippen molar-refractivity contribution in [1.82, 2.24) is 9.62 Å². The Hall–Kier alpha value is -1.74. The molecule has 1 heterocycles. The number of carboxylic acids is 1. The zero-order valence-corrected chi connectivity index (χ0v) is 14.4. The summed E-state index contributed by atoms with van der Waals surface area (Å²) in [6, 6.07) is 9.09. The fourth-order valence-electron chi connectivity index (χ4n) is 2.09. The van der Waals surface area contributed by atoms with Crippen LogP contribution in [0.4, 0.5) is 0 Å². The van der Waals surface area contributed by atoms with Crippen LogP contribution in [-0.4, -0.2) is 45.0 Å². The molecule has 0 bridgehead atoms. The Bertz CT molecular complexity index is 771. The van der Waals surface area contributed by atoms with Gasteiger partial charge in [-0.1, -0.05) is 12.1 Å². The summed E-state index contributed by atoms with van der Waals surface area (Å²) in [6.45, 7) is 0.202. The third kappa shape index (κ3) is 4.38. The third-order valence-corrected chi connectivity index (χ3v) is 5.75. The second-order valence-corrected chi connectivity index (χ2v) is 7.93. The molecule has 0 fully saturated rings. The molecule has 1 unspecified atom stereocenters. The number of aromatic carboxylic acids is 1. The van der Waals surface area contributed by atoms with Gasteiger partial charge in [0.15, 0.2) is 0 Å². The van der Waals surface area contributed by atoms with Gasteiger partial charge < -0.3 is 10.0 Å². The Morgan fingerprint density at radius 3 is 2.61 bits per heavy atom. The first-order chi connectivity index (χ1) is 10.8. The van der Waals surface area contributed by atoms with Crippen LogP contribution in [0.1, 0.15) is 21.3 Å². The number of nitrogens with zero attached hydrogens (tertiary/aromatic N) is 1. The highest BCUT2D eigenvalue weighted by Crippen LogP contribution is 2.23. The van der Waals surface area contributed by atoms with Crippen LogP contribution in [0.25, 0.3) is 0 Å². The number of hydrogen-bond donors (Lipinski definition) is 2. The van der Waals surface area contributed by atoms with E-state index in [1.54, 1.807) is 11.3 Å². The van der Waals surface area contributed by atoms with Crippen LogP contribution in [0.3, 0.4) is 0 Å². The molecule has 6 nitrogen and oxygen atoms in total. The van der Waals surface area contributed by atoms with Gasteiger partial charge in [0.05, 0.1) is 16.5 Å². The van der Waals surface area contributed by atoms with Gasteiger partial charge in [0.25, 0.3) is 0 Å². The third-order valence-electron chi connectivity index (χ3n) is 3.35. The molecular weight excluding hydrogens is 336 g/mol. The van der Waals surface area contributed by atoms with Crippen LogP contribution >= 0.6 is 11.3 Å². The van der Waals surface area contributed by atoms with Crippen LogP contribution in [0.2, 0.25) is 0 Å². The maximum Gasteiger partial charge on any atom is 0.335 e. The predicted molar refractivity (Wildman–Crippen MR) is 89.3 cm³/mol. The number of benzene rings is 1. The summed E-state index contributed by atoms with van der Waals surface area (Å²) in [5.41, 5.74) is -0.0599. The van der Waals surface area contributed by atoms with Gasteiger partial charge in [0.1, 0.15) is 0 Å². The van der Waals surface area contributed by atoms with E-state index in [2.05, 4.69) is 4.72 Å². The zero-order chi connectivity index (χ0) is 17.0. The molecular formula is C15H18N2O4S2. The fraction of sp³-hybridized carbons (Fsp3) is 0.267. The van der Waals surface area contributed by atoms with E-state index in [0.29, 0.717) is 0 Å². The van der Waals surface area contributed by atoms with Gasteiger partial charge in [0, 0.05) is 11.4 Å². The van der Waals surface area contributed by atoms with Crippen LogP contribution in [0.15, 0.2) is 46.7 Å². The van der Waals surface area contributed by atoms with E-state index in [1.807, 2.05) is 36.5 Å². The Balaban J connectivity index is 2.18. The van der Waals surface area contributed by atoms with E-state index >= 15 is 0 Å². The molecule has 0 saturated heterocycles. The van der Waals surface area contributed by atoms with Crippen molar-refractivity contribution in [2.24, 2.45) is 0 Å². The van der Waals surface area contributed by atoms with E-state index in [4.69, 9.17) is 5.11 Å². The van der Waals surface area contributed by atoms with Crippen LogP contribution in [0, 0.1) is 0 Å². The average Bonchev–Trinajstić information content (AvgIpc) is 3.01. The summed E-state index contributed by atoms with van der Waals surface area (Å²) in [6.07, 6.45) is 0. The first kappa shape index (κ1) is 17.6. The average molecular weight is 354 g/mol. The summed E-state index contributed by atoms with van der Waals surface area (Å²) in [5.74, 6) is -1.16. The van der Waals surface area contributed by atoms with Gasteiger partial charge in [-0.3, -0.25) is 0 Å². The number of carbonyl (C=O) groups is 1. The second kappa shape index (κ2) is 7.22. The van der Waals surface area contributed by atoms with Crippen molar-refractivity contribution in [3.05, 3.63) is 52.2 Å². The standard InChI is InChI=1S/C15H18N2O4S2/c1-17(2)13(14-7-4-8-22-14)10-16-23(20,21)12-6-3-5-11(9-12)15(18)19/h3-9,13,16H,10H2,1-2H3,(H,18,19). The summed E-state index contributed by atoms with van der Waals surface area (Å²) >= 11 is 1.56. The highest BCUT2D eigenvalue weighted by molar-refractivity contribution is 7.89. The van der Waals surface area contributed by atoms with Gasteiger partial charge in [-0.25, -0.2) is 17.9 Å². The maximum atomic E-state index is 12.4. The van der Waals surface area contributed by atoms with Crippen LogP contribution in [0.5, 0.6) is 0 Å². The van der Waals surface area contributed by atoms with E-state index in [0.717, 1.165) is 10.9 Å². The first-order valence-electron chi connectivity index (χ1n) is 6.84. The van der Waals surface area contributed by atoms with E-state index in [1.165, 1.54) is 18.2 Å². The Morgan fingerprint density at radius 1 is 1.30 bits per heavy atom. The normalized spacial score (nSPS) is 13.2. The van der Waals surface area contributed by atoms with Crippen molar-refractivity contribution in [2.75, 3.05) is 20.6 Å². The molecule has 0 radical (unpaired) electrons. The number of thiophene rings is 1. The predicted octanol–water partition coefficient (Wildman–Crippen LogP) is 2.03. The van der Waals surface area contributed by atoms with Crippen molar-refractivity contribution in [3.63, 3.8) is 0 Å².